The SMILES string of the molecule is CN1C(=O)C(C)(Cc2ccccc2)N(C)C(=O)/C1=C/c1ccccc1-c1cnc(Cl)nc1. The second-order valence-corrected chi connectivity index (χ2v) is 8.36. The van der Waals surface area contributed by atoms with Gasteiger partial charge in [-0.05, 0) is 41.3 Å². The summed E-state index contributed by atoms with van der Waals surface area (Å²) in [6, 6.07) is 17.3. The molecule has 7 heteroatoms. The third kappa shape index (κ3) is 3.89. The van der Waals surface area contributed by atoms with E-state index in [0.29, 0.717) is 12.1 Å². The van der Waals surface area contributed by atoms with E-state index in [4.69, 9.17) is 11.6 Å². The van der Waals surface area contributed by atoms with E-state index < -0.39 is 5.54 Å². The molecule has 1 aliphatic rings. The molecule has 1 aliphatic heterocycles. The van der Waals surface area contributed by atoms with Crippen LogP contribution in [0.25, 0.3) is 17.2 Å². The Morgan fingerprint density at radius 2 is 1.59 bits per heavy atom. The maximum Gasteiger partial charge on any atom is 0.271 e. The number of benzene rings is 2. The van der Waals surface area contributed by atoms with Crippen molar-refractivity contribution in [1.29, 1.82) is 0 Å². The van der Waals surface area contributed by atoms with Gasteiger partial charge in [-0.25, -0.2) is 9.97 Å². The predicted octanol–water partition coefficient (Wildman–Crippen LogP) is 4.07. The van der Waals surface area contributed by atoms with Crippen LogP contribution in [0.2, 0.25) is 5.28 Å². The Kier molecular flexibility index (Phi) is 5.80. The van der Waals surface area contributed by atoms with Crippen LogP contribution < -0.4 is 0 Å². The molecule has 0 aliphatic carbocycles. The Bertz CT molecular complexity index is 1190. The summed E-state index contributed by atoms with van der Waals surface area (Å²) in [7, 11) is 3.33. The van der Waals surface area contributed by atoms with Crippen LogP contribution in [-0.4, -0.2) is 51.2 Å². The smallest absolute Gasteiger partial charge is 0.271 e. The van der Waals surface area contributed by atoms with E-state index in [0.717, 1.165) is 22.3 Å². The van der Waals surface area contributed by atoms with Gasteiger partial charge in [0.2, 0.25) is 5.28 Å². The molecular formula is C25H23ClN4O2. The normalized spacial score (nSPS) is 20.2. The lowest BCUT2D eigenvalue weighted by Gasteiger charge is -2.45. The first-order valence-electron chi connectivity index (χ1n) is 10.2. The molecule has 32 heavy (non-hydrogen) atoms. The minimum atomic E-state index is -0.978. The first kappa shape index (κ1) is 21.7. The maximum absolute atomic E-state index is 13.5. The van der Waals surface area contributed by atoms with Crippen molar-refractivity contribution in [2.45, 2.75) is 18.9 Å². The van der Waals surface area contributed by atoms with Crippen LogP contribution in [-0.2, 0) is 16.0 Å². The maximum atomic E-state index is 13.5. The van der Waals surface area contributed by atoms with Gasteiger partial charge in [-0.15, -0.1) is 0 Å². The number of carbonyl (C=O) groups is 2. The fraction of sp³-hybridized carbons (Fsp3) is 0.200. The van der Waals surface area contributed by atoms with Crippen LogP contribution in [0, 0.1) is 0 Å². The zero-order valence-electron chi connectivity index (χ0n) is 18.1. The Hall–Kier alpha value is -3.51. The quantitative estimate of drug-likeness (QED) is 0.447. The highest BCUT2D eigenvalue weighted by molar-refractivity contribution is 6.28. The van der Waals surface area contributed by atoms with Crippen LogP contribution in [0.4, 0.5) is 0 Å². The third-order valence-corrected chi connectivity index (χ3v) is 6.16. The van der Waals surface area contributed by atoms with Gasteiger partial charge in [0.15, 0.2) is 0 Å². The summed E-state index contributed by atoms with van der Waals surface area (Å²) >= 11 is 5.82. The Labute approximate surface area is 192 Å². The van der Waals surface area contributed by atoms with Crippen molar-refractivity contribution in [3.8, 4) is 11.1 Å². The van der Waals surface area contributed by atoms with Crippen molar-refractivity contribution < 1.29 is 9.59 Å². The number of nitrogens with zero attached hydrogens (tertiary/aromatic N) is 4. The summed E-state index contributed by atoms with van der Waals surface area (Å²) in [4.78, 5) is 38.0. The van der Waals surface area contributed by atoms with Gasteiger partial charge >= 0.3 is 0 Å². The lowest BCUT2D eigenvalue weighted by Crippen LogP contribution is -2.64. The lowest BCUT2D eigenvalue weighted by atomic mass is 9.87. The van der Waals surface area contributed by atoms with E-state index in [9.17, 15) is 9.59 Å². The van der Waals surface area contributed by atoms with E-state index in [1.54, 1.807) is 37.5 Å². The Balaban J connectivity index is 1.72. The fourth-order valence-corrected chi connectivity index (χ4v) is 4.08. The molecule has 0 saturated carbocycles. The second kappa shape index (κ2) is 8.55. The molecule has 1 saturated heterocycles. The van der Waals surface area contributed by atoms with Gasteiger partial charge < -0.3 is 9.80 Å². The average Bonchev–Trinajstić information content (AvgIpc) is 2.81. The first-order chi connectivity index (χ1) is 15.3. The van der Waals surface area contributed by atoms with Gasteiger partial charge in [0.1, 0.15) is 11.2 Å². The molecule has 2 heterocycles. The van der Waals surface area contributed by atoms with Crippen LogP contribution in [0.3, 0.4) is 0 Å². The molecule has 6 nitrogen and oxygen atoms in total. The minimum Gasteiger partial charge on any atom is -0.326 e. The molecule has 0 spiro atoms. The molecule has 2 amide bonds. The van der Waals surface area contributed by atoms with Crippen LogP contribution in [0.1, 0.15) is 18.1 Å². The summed E-state index contributed by atoms with van der Waals surface area (Å²) < 4.78 is 0. The third-order valence-electron chi connectivity index (χ3n) is 5.97. The second-order valence-electron chi connectivity index (χ2n) is 8.02. The van der Waals surface area contributed by atoms with Crippen molar-refractivity contribution in [2.24, 2.45) is 0 Å². The molecule has 0 radical (unpaired) electrons. The first-order valence-corrected chi connectivity index (χ1v) is 10.6. The number of rotatable bonds is 4. The monoisotopic (exact) mass is 446 g/mol. The average molecular weight is 447 g/mol. The lowest BCUT2D eigenvalue weighted by molar-refractivity contribution is -0.155. The van der Waals surface area contributed by atoms with Crippen LogP contribution in [0.15, 0.2) is 72.7 Å². The Morgan fingerprint density at radius 1 is 0.969 bits per heavy atom. The van der Waals surface area contributed by atoms with Crippen molar-refractivity contribution in [3.63, 3.8) is 0 Å². The van der Waals surface area contributed by atoms with Gasteiger partial charge in [0.25, 0.3) is 11.8 Å². The van der Waals surface area contributed by atoms with E-state index in [1.165, 1.54) is 4.90 Å². The number of aromatic nitrogens is 2. The fourth-order valence-electron chi connectivity index (χ4n) is 3.98. The van der Waals surface area contributed by atoms with Crippen molar-refractivity contribution in [3.05, 3.63) is 89.1 Å². The van der Waals surface area contributed by atoms with Gasteiger partial charge in [0, 0.05) is 38.5 Å². The van der Waals surface area contributed by atoms with E-state index >= 15 is 0 Å². The number of amides is 2. The highest BCUT2D eigenvalue weighted by atomic mass is 35.5. The van der Waals surface area contributed by atoms with Crippen molar-refractivity contribution >= 4 is 29.5 Å². The molecule has 0 N–H and O–H groups in total. The zero-order valence-corrected chi connectivity index (χ0v) is 18.9. The topological polar surface area (TPSA) is 66.4 Å². The Morgan fingerprint density at radius 3 is 2.28 bits per heavy atom. The number of carbonyl (C=O) groups excluding carboxylic acids is 2. The van der Waals surface area contributed by atoms with Gasteiger partial charge in [-0.3, -0.25) is 9.59 Å². The molecular weight excluding hydrogens is 424 g/mol. The van der Waals surface area contributed by atoms with Crippen LogP contribution in [0.5, 0.6) is 0 Å². The van der Waals surface area contributed by atoms with Gasteiger partial charge in [0.05, 0.1) is 0 Å². The molecule has 1 unspecified atom stereocenters. The molecule has 4 rings (SSSR count). The van der Waals surface area contributed by atoms with Crippen LogP contribution >= 0.6 is 11.6 Å². The summed E-state index contributed by atoms with van der Waals surface area (Å²) in [5.41, 5.74) is 2.71. The number of hydrogen-bond donors (Lipinski definition) is 0. The summed E-state index contributed by atoms with van der Waals surface area (Å²) in [6.07, 6.45) is 5.44. The molecule has 3 aromatic rings. The summed E-state index contributed by atoms with van der Waals surface area (Å²) in [5.74, 6) is -0.352. The number of hydrogen-bond acceptors (Lipinski definition) is 4. The minimum absolute atomic E-state index is 0.137. The number of likely N-dealkylation sites (N-methyl/N-ethyl adjacent to an activating group) is 2. The van der Waals surface area contributed by atoms with Crippen molar-refractivity contribution in [2.75, 3.05) is 14.1 Å². The number of halogens is 1. The summed E-state index contributed by atoms with van der Waals surface area (Å²) in [6.45, 7) is 1.81. The largest absolute Gasteiger partial charge is 0.326 e. The molecule has 1 fully saturated rings. The van der Waals surface area contributed by atoms with E-state index in [2.05, 4.69) is 9.97 Å². The predicted molar refractivity (Wildman–Crippen MR) is 125 cm³/mol. The number of piperazine rings is 1. The highest BCUT2D eigenvalue weighted by Crippen LogP contribution is 2.32. The van der Waals surface area contributed by atoms with Crippen molar-refractivity contribution in [1.82, 2.24) is 19.8 Å². The van der Waals surface area contributed by atoms with E-state index in [1.807, 2.05) is 61.5 Å². The zero-order chi connectivity index (χ0) is 22.9. The molecule has 2 aromatic carbocycles. The standard InChI is InChI=1S/C25H23ClN4O2/c1-25(14-17-9-5-4-6-10-17)23(32)29(2)21(22(31)30(25)3)13-18-11-7-8-12-20(18)19-15-27-24(26)28-16-19/h4-13,15-16H,14H2,1-3H3/b21-13-. The summed E-state index contributed by atoms with van der Waals surface area (Å²) in [5, 5.41) is 0.164. The molecule has 0 bridgehead atoms. The van der Waals surface area contributed by atoms with E-state index in [-0.39, 0.29) is 17.1 Å². The molecule has 1 aromatic heterocycles. The highest BCUT2D eigenvalue weighted by Gasteiger charge is 2.48. The van der Waals surface area contributed by atoms with Gasteiger partial charge in [-0.2, -0.15) is 0 Å². The molecule has 1 atom stereocenters. The molecule has 162 valence electrons. The van der Waals surface area contributed by atoms with Gasteiger partial charge in [-0.1, -0.05) is 54.6 Å².